The van der Waals surface area contributed by atoms with Crippen molar-refractivity contribution in [2.24, 2.45) is 0 Å². The number of nitrogens with zero attached hydrogens (tertiary/aromatic N) is 1. The van der Waals surface area contributed by atoms with E-state index in [1.807, 2.05) is 26.8 Å². The Hall–Kier alpha value is -4.03. The number of fused-ring (bicyclic) bond motifs is 1. The molecule has 234 valence electrons. The smallest absolute Gasteiger partial charge is 0.410 e. The van der Waals surface area contributed by atoms with Crippen molar-refractivity contribution in [3.63, 3.8) is 0 Å². The van der Waals surface area contributed by atoms with Crippen molar-refractivity contribution < 1.29 is 33.4 Å². The second-order valence-electron chi connectivity index (χ2n) is 11.0. The Bertz CT molecular complexity index is 1530. The molecule has 2 aromatic carbocycles. The molecule has 0 radical (unpaired) electrons. The molecule has 0 fully saturated rings. The van der Waals surface area contributed by atoms with Gasteiger partial charge in [0.2, 0.25) is 5.91 Å². The largest absolute Gasteiger partial charge is 0.497 e. The predicted octanol–water partition coefficient (Wildman–Crippen LogP) is 6.60. The topological polar surface area (TPSA) is 123 Å². The number of thiophene rings is 1. The SMILES string of the molecule is CCOC(=O)c1c(NC(=O)C(C)Sc2cccc(NC(=O)c3ccc(OC)cc3)c2)sc2c1CCN(C(=O)OC(C)(C)C)C2. The molecule has 1 aliphatic heterocycles. The average molecular weight is 640 g/mol. The van der Waals surface area contributed by atoms with Crippen LogP contribution >= 0.6 is 23.1 Å². The van der Waals surface area contributed by atoms with Crippen LogP contribution in [0.25, 0.3) is 0 Å². The van der Waals surface area contributed by atoms with Crippen molar-refractivity contribution in [3.8, 4) is 5.75 Å². The second kappa shape index (κ2) is 14.2. The van der Waals surface area contributed by atoms with Crippen molar-refractivity contribution in [3.05, 3.63) is 70.1 Å². The van der Waals surface area contributed by atoms with E-state index in [1.165, 1.54) is 23.1 Å². The second-order valence-corrected chi connectivity index (χ2v) is 13.6. The summed E-state index contributed by atoms with van der Waals surface area (Å²) in [5, 5.41) is 5.68. The number of amides is 3. The standard InChI is InChI=1S/C32H37N3O7S2/c1-7-41-30(38)26-24-15-16-35(31(39)42-32(3,4)5)18-25(24)44-29(26)34-27(36)19(2)43-23-10-8-9-21(17-23)33-28(37)20-11-13-22(40-6)14-12-20/h8-14,17,19H,7,15-16,18H2,1-6H3,(H,33,37)(H,34,36). The molecule has 1 aromatic heterocycles. The van der Waals surface area contributed by atoms with E-state index in [1.54, 1.807) is 68.3 Å². The quantitative estimate of drug-likeness (QED) is 0.198. The Labute approximate surface area is 265 Å². The Kier molecular flexibility index (Phi) is 10.6. The third-order valence-electron chi connectivity index (χ3n) is 6.55. The number of hydrogen-bond donors (Lipinski definition) is 2. The van der Waals surface area contributed by atoms with Crippen molar-refractivity contribution in [2.75, 3.05) is 30.9 Å². The molecule has 12 heteroatoms. The molecule has 4 rings (SSSR count). The number of carbonyl (C=O) groups excluding carboxylic acids is 4. The van der Waals surface area contributed by atoms with Crippen LogP contribution < -0.4 is 15.4 Å². The van der Waals surface area contributed by atoms with E-state index in [9.17, 15) is 19.2 Å². The maximum atomic E-state index is 13.3. The number of nitrogens with one attached hydrogen (secondary N) is 2. The molecule has 0 bridgehead atoms. The first kappa shape index (κ1) is 32.9. The summed E-state index contributed by atoms with van der Waals surface area (Å²) in [6.45, 7) is 9.78. The lowest BCUT2D eigenvalue weighted by atomic mass is 10.0. The van der Waals surface area contributed by atoms with Gasteiger partial charge in [-0.2, -0.15) is 0 Å². The van der Waals surface area contributed by atoms with Crippen LogP contribution in [0.3, 0.4) is 0 Å². The van der Waals surface area contributed by atoms with Crippen molar-refractivity contribution >= 4 is 57.7 Å². The molecule has 2 heterocycles. The van der Waals surface area contributed by atoms with E-state index in [0.29, 0.717) is 40.5 Å². The number of rotatable bonds is 9. The molecule has 2 N–H and O–H groups in total. The van der Waals surface area contributed by atoms with Gasteiger partial charge in [-0.15, -0.1) is 23.1 Å². The molecule has 1 unspecified atom stereocenters. The van der Waals surface area contributed by atoms with Crippen molar-refractivity contribution in [1.29, 1.82) is 0 Å². The fourth-order valence-corrected chi connectivity index (χ4v) is 6.64. The predicted molar refractivity (Wildman–Crippen MR) is 172 cm³/mol. The average Bonchev–Trinajstić information content (AvgIpc) is 3.33. The molecular weight excluding hydrogens is 603 g/mol. The Morgan fingerprint density at radius 3 is 2.45 bits per heavy atom. The molecule has 1 atom stereocenters. The van der Waals surface area contributed by atoms with E-state index in [4.69, 9.17) is 14.2 Å². The first-order valence-electron chi connectivity index (χ1n) is 14.2. The van der Waals surface area contributed by atoms with E-state index in [-0.39, 0.29) is 25.0 Å². The lowest BCUT2D eigenvalue weighted by Gasteiger charge is -2.30. The van der Waals surface area contributed by atoms with Crippen LogP contribution in [0.15, 0.2) is 53.4 Å². The number of esters is 1. The summed E-state index contributed by atoms with van der Waals surface area (Å²) in [6.07, 6.45) is 0.0151. The number of benzene rings is 2. The highest BCUT2D eigenvalue weighted by atomic mass is 32.2. The molecule has 0 saturated carbocycles. The molecule has 10 nitrogen and oxygen atoms in total. The van der Waals surface area contributed by atoms with Crippen LogP contribution in [0.4, 0.5) is 15.5 Å². The molecule has 3 aromatic rings. The zero-order chi connectivity index (χ0) is 32.0. The zero-order valence-electron chi connectivity index (χ0n) is 25.6. The monoisotopic (exact) mass is 639 g/mol. The first-order chi connectivity index (χ1) is 20.9. The third-order valence-corrected chi connectivity index (χ3v) is 8.78. The summed E-state index contributed by atoms with van der Waals surface area (Å²) in [5.74, 6) is -0.409. The van der Waals surface area contributed by atoms with Gasteiger partial charge < -0.3 is 29.7 Å². The molecule has 1 aliphatic rings. The van der Waals surface area contributed by atoms with Gasteiger partial charge in [-0.25, -0.2) is 9.59 Å². The van der Waals surface area contributed by atoms with Crippen molar-refractivity contribution in [1.82, 2.24) is 4.90 Å². The van der Waals surface area contributed by atoms with Crippen LogP contribution in [-0.2, 0) is 27.2 Å². The maximum absolute atomic E-state index is 13.3. The van der Waals surface area contributed by atoms with Gasteiger partial charge in [0.25, 0.3) is 5.91 Å². The lowest BCUT2D eigenvalue weighted by molar-refractivity contribution is -0.115. The molecule has 0 aliphatic carbocycles. The molecule has 44 heavy (non-hydrogen) atoms. The number of anilines is 2. The van der Waals surface area contributed by atoms with Crippen molar-refractivity contribution in [2.45, 2.75) is 63.3 Å². The summed E-state index contributed by atoms with van der Waals surface area (Å²) in [6, 6.07) is 14.0. The summed E-state index contributed by atoms with van der Waals surface area (Å²) in [4.78, 5) is 54.9. The van der Waals surface area contributed by atoms with Gasteiger partial charge >= 0.3 is 12.1 Å². The summed E-state index contributed by atoms with van der Waals surface area (Å²) in [5.41, 5.74) is 1.57. The number of thioether (sulfide) groups is 1. The van der Waals surface area contributed by atoms with Gasteiger partial charge in [-0.05, 0) is 89.1 Å². The van der Waals surface area contributed by atoms with Crippen LogP contribution in [0.1, 0.15) is 65.8 Å². The molecule has 0 spiro atoms. The molecule has 0 saturated heterocycles. The Morgan fingerprint density at radius 1 is 1.07 bits per heavy atom. The van der Waals surface area contributed by atoms with E-state index in [2.05, 4.69) is 10.6 Å². The Morgan fingerprint density at radius 2 is 1.80 bits per heavy atom. The number of ether oxygens (including phenoxy) is 3. The summed E-state index contributed by atoms with van der Waals surface area (Å²) >= 11 is 2.59. The van der Waals surface area contributed by atoms with Gasteiger partial charge in [0.15, 0.2) is 0 Å². The van der Waals surface area contributed by atoms with Gasteiger partial charge in [0, 0.05) is 27.6 Å². The highest BCUT2D eigenvalue weighted by molar-refractivity contribution is 8.00. The minimum absolute atomic E-state index is 0.193. The zero-order valence-corrected chi connectivity index (χ0v) is 27.3. The van der Waals surface area contributed by atoms with E-state index in [0.717, 1.165) is 15.3 Å². The first-order valence-corrected chi connectivity index (χ1v) is 15.9. The van der Waals surface area contributed by atoms with E-state index >= 15 is 0 Å². The minimum Gasteiger partial charge on any atom is -0.497 e. The van der Waals surface area contributed by atoms with E-state index < -0.39 is 22.9 Å². The fraction of sp³-hybridized carbons (Fsp3) is 0.375. The highest BCUT2D eigenvalue weighted by Gasteiger charge is 2.33. The number of methoxy groups -OCH3 is 1. The molecule has 3 amide bonds. The Balaban J connectivity index is 1.45. The number of carbonyl (C=O) groups is 4. The fourth-order valence-electron chi connectivity index (χ4n) is 4.46. The maximum Gasteiger partial charge on any atom is 0.410 e. The lowest BCUT2D eigenvalue weighted by Crippen LogP contribution is -2.39. The molecular formula is C32H37N3O7S2. The number of hydrogen-bond acceptors (Lipinski definition) is 9. The van der Waals surface area contributed by atoms with Gasteiger partial charge in [0.1, 0.15) is 16.4 Å². The minimum atomic E-state index is -0.627. The van der Waals surface area contributed by atoms with Gasteiger partial charge in [0.05, 0.1) is 31.1 Å². The van der Waals surface area contributed by atoms with Crippen LogP contribution in [0.2, 0.25) is 0 Å². The highest BCUT2D eigenvalue weighted by Crippen LogP contribution is 2.39. The normalized spacial score (nSPS) is 13.4. The van der Waals surface area contributed by atoms with Crippen LogP contribution in [0, 0.1) is 0 Å². The van der Waals surface area contributed by atoms with Crippen LogP contribution in [-0.4, -0.2) is 59.9 Å². The summed E-state index contributed by atoms with van der Waals surface area (Å²) < 4.78 is 16.0. The van der Waals surface area contributed by atoms with Gasteiger partial charge in [-0.3, -0.25) is 9.59 Å². The third kappa shape index (κ3) is 8.32. The van der Waals surface area contributed by atoms with Gasteiger partial charge in [-0.1, -0.05) is 6.07 Å². The summed E-state index contributed by atoms with van der Waals surface area (Å²) in [7, 11) is 1.56. The van der Waals surface area contributed by atoms with Crippen LogP contribution in [0.5, 0.6) is 5.75 Å².